The average Bonchev–Trinajstić information content (AvgIpc) is 2.40. The Balaban J connectivity index is 0.00000264. The number of rotatable bonds is 5. The molecule has 1 aliphatic carbocycles. The van der Waals surface area contributed by atoms with E-state index in [4.69, 9.17) is 5.73 Å². The number of halogens is 4. The van der Waals surface area contributed by atoms with E-state index in [9.17, 15) is 18.0 Å². The van der Waals surface area contributed by atoms with Crippen molar-refractivity contribution in [3.05, 3.63) is 35.4 Å². The summed E-state index contributed by atoms with van der Waals surface area (Å²) in [6.07, 6.45) is -1.30. The number of hydrogen-bond donors (Lipinski definition) is 2. The standard InChI is InChI=1S/C16H21F3N2O.ClH/c1-11(20)6-7-14(22)21-15(8-3-9-15)12-4-2-5-13(10-12)16(17,18)19;/h2,4-5,10-11H,3,6-9,20H2,1H3,(H,21,22);1H. The lowest BCUT2D eigenvalue weighted by Gasteiger charge is -2.43. The number of amides is 1. The quantitative estimate of drug-likeness (QED) is 0.849. The third-order valence-electron chi connectivity index (χ3n) is 4.16. The average molecular weight is 351 g/mol. The van der Waals surface area contributed by atoms with E-state index in [1.807, 2.05) is 6.92 Å². The van der Waals surface area contributed by atoms with Crippen LogP contribution in [0, 0.1) is 0 Å². The van der Waals surface area contributed by atoms with Crippen molar-refractivity contribution in [3.8, 4) is 0 Å². The molecule has 1 fully saturated rings. The van der Waals surface area contributed by atoms with Crippen LogP contribution >= 0.6 is 12.4 Å². The normalized spacial score (nSPS) is 17.6. The molecule has 1 saturated carbocycles. The third-order valence-corrected chi connectivity index (χ3v) is 4.16. The van der Waals surface area contributed by atoms with Crippen LogP contribution in [0.4, 0.5) is 13.2 Å². The molecule has 7 heteroatoms. The minimum absolute atomic E-state index is 0. The van der Waals surface area contributed by atoms with Gasteiger partial charge in [0, 0.05) is 12.5 Å². The number of alkyl halides is 3. The smallest absolute Gasteiger partial charge is 0.347 e. The summed E-state index contributed by atoms with van der Waals surface area (Å²) in [4.78, 5) is 12.0. The van der Waals surface area contributed by atoms with Crippen molar-refractivity contribution in [1.82, 2.24) is 5.32 Å². The molecule has 130 valence electrons. The molecular formula is C16H22ClF3N2O. The molecular weight excluding hydrogens is 329 g/mol. The fraction of sp³-hybridized carbons (Fsp3) is 0.562. The summed E-state index contributed by atoms with van der Waals surface area (Å²) in [7, 11) is 0. The maximum absolute atomic E-state index is 12.8. The molecule has 3 N–H and O–H groups in total. The van der Waals surface area contributed by atoms with Crippen LogP contribution in [0.2, 0.25) is 0 Å². The number of hydrogen-bond acceptors (Lipinski definition) is 2. The molecule has 0 radical (unpaired) electrons. The third kappa shape index (κ3) is 4.85. The lowest BCUT2D eigenvalue weighted by atomic mass is 9.71. The SMILES string of the molecule is CC(N)CCC(=O)NC1(c2cccc(C(F)(F)F)c2)CCC1.Cl. The summed E-state index contributed by atoms with van der Waals surface area (Å²) < 4.78 is 38.5. The highest BCUT2D eigenvalue weighted by Crippen LogP contribution is 2.43. The molecule has 0 bridgehead atoms. The molecule has 23 heavy (non-hydrogen) atoms. The van der Waals surface area contributed by atoms with E-state index in [0.717, 1.165) is 18.6 Å². The van der Waals surface area contributed by atoms with Crippen LogP contribution in [0.25, 0.3) is 0 Å². The summed E-state index contributed by atoms with van der Waals surface area (Å²) in [6, 6.07) is 5.17. The van der Waals surface area contributed by atoms with Gasteiger partial charge in [0.05, 0.1) is 11.1 Å². The summed E-state index contributed by atoms with van der Waals surface area (Å²) in [5, 5.41) is 2.92. The first-order valence-corrected chi connectivity index (χ1v) is 7.47. The van der Waals surface area contributed by atoms with Crippen LogP contribution in [-0.4, -0.2) is 11.9 Å². The van der Waals surface area contributed by atoms with E-state index in [1.54, 1.807) is 6.07 Å². The van der Waals surface area contributed by atoms with Gasteiger partial charge in [0.2, 0.25) is 5.91 Å². The number of nitrogens with one attached hydrogen (secondary N) is 1. The van der Waals surface area contributed by atoms with Crippen LogP contribution in [0.1, 0.15) is 50.2 Å². The lowest BCUT2D eigenvalue weighted by molar-refractivity contribution is -0.137. The van der Waals surface area contributed by atoms with Crippen LogP contribution in [0.5, 0.6) is 0 Å². The molecule has 0 aromatic heterocycles. The molecule has 1 atom stereocenters. The monoisotopic (exact) mass is 350 g/mol. The fourth-order valence-electron chi connectivity index (χ4n) is 2.70. The van der Waals surface area contributed by atoms with Crippen molar-refractivity contribution in [2.75, 3.05) is 0 Å². The Hall–Kier alpha value is -1.27. The van der Waals surface area contributed by atoms with Crippen molar-refractivity contribution < 1.29 is 18.0 Å². The first-order chi connectivity index (χ1) is 10.2. The zero-order valence-electron chi connectivity index (χ0n) is 13.0. The van der Waals surface area contributed by atoms with Crippen LogP contribution in [0.3, 0.4) is 0 Å². The summed E-state index contributed by atoms with van der Waals surface area (Å²) >= 11 is 0. The predicted molar refractivity (Wildman–Crippen MR) is 85.2 cm³/mol. The molecule has 1 unspecified atom stereocenters. The van der Waals surface area contributed by atoms with Crippen molar-refractivity contribution in [2.24, 2.45) is 5.73 Å². The zero-order valence-corrected chi connectivity index (χ0v) is 13.8. The molecule has 1 aliphatic rings. The molecule has 0 saturated heterocycles. The van der Waals surface area contributed by atoms with Crippen molar-refractivity contribution >= 4 is 18.3 Å². The Kier molecular flexibility index (Phi) is 6.48. The predicted octanol–water partition coefficient (Wildman–Crippen LogP) is 3.75. The van der Waals surface area contributed by atoms with Gasteiger partial charge < -0.3 is 11.1 Å². The second-order valence-corrected chi connectivity index (χ2v) is 6.08. The first kappa shape index (κ1) is 19.8. The van der Waals surface area contributed by atoms with Gasteiger partial charge in [0.25, 0.3) is 0 Å². The Morgan fingerprint density at radius 2 is 2.04 bits per heavy atom. The van der Waals surface area contributed by atoms with Gasteiger partial charge in [0.15, 0.2) is 0 Å². The van der Waals surface area contributed by atoms with Gasteiger partial charge in [-0.3, -0.25) is 4.79 Å². The van der Waals surface area contributed by atoms with Crippen molar-refractivity contribution in [3.63, 3.8) is 0 Å². The zero-order chi connectivity index (χ0) is 16.4. The Labute approximate surface area is 140 Å². The van der Waals surface area contributed by atoms with Gasteiger partial charge in [-0.2, -0.15) is 13.2 Å². The second kappa shape index (κ2) is 7.53. The van der Waals surface area contributed by atoms with Gasteiger partial charge >= 0.3 is 6.18 Å². The van der Waals surface area contributed by atoms with Gasteiger partial charge in [0.1, 0.15) is 0 Å². The largest absolute Gasteiger partial charge is 0.416 e. The van der Waals surface area contributed by atoms with E-state index >= 15 is 0 Å². The highest BCUT2D eigenvalue weighted by molar-refractivity contribution is 5.85. The van der Waals surface area contributed by atoms with Gasteiger partial charge in [-0.25, -0.2) is 0 Å². The lowest BCUT2D eigenvalue weighted by Crippen LogP contribution is -2.51. The number of carbonyl (C=O) groups excluding carboxylic acids is 1. The van der Waals surface area contributed by atoms with E-state index in [1.165, 1.54) is 6.07 Å². The Bertz CT molecular complexity index is 542. The molecule has 0 heterocycles. The summed E-state index contributed by atoms with van der Waals surface area (Å²) in [6.45, 7) is 1.82. The molecule has 1 aromatic carbocycles. The molecule has 3 nitrogen and oxygen atoms in total. The van der Waals surface area contributed by atoms with Crippen LogP contribution in [-0.2, 0) is 16.5 Å². The first-order valence-electron chi connectivity index (χ1n) is 7.47. The number of nitrogens with two attached hydrogens (primary N) is 1. The highest BCUT2D eigenvalue weighted by atomic mass is 35.5. The number of benzene rings is 1. The maximum Gasteiger partial charge on any atom is 0.416 e. The minimum Gasteiger partial charge on any atom is -0.347 e. The van der Waals surface area contributed by atoms with E-state index < -0.39 is 17.3 Å². The molecule has 0 aliphatic heterocycles. The van der Waals surface area contributed by atoms with Gasteiger partial charge in [-0.05, 0) is 50.3 Å². The van der Waals surface area contributed by atoms with Crippen LogP contribution in [0.15, 0.2) is 24.3 Å². The van der Waals surface area contributed by atoms with Gasteiger partial charge in [-0.15, -0.1) is 12.4 Å². The van der Waals surface area contributed by atoms with E-state index in [2.05, 4.69) is 5.32 Å². The summed E-state index contributed by atoms with van der Waals surface area (Å²) in [5.74, 6) is -0.158. The second-order valence-electron chi connectivity index (χ2n) is 6.08. The molecule has 1 aromatic rings. The fourth-order valence-corrected chi connectivity index (χ4v) is 2.70. The van der Waals surface area contributed by atoms with E-state index in [-0.39, 0.29) is 24.4 Å². The Morgan fingerprint density at radius 1 is 1.39 bits per heavy atom. The van der Waals surface area contributed by atoms with E-state index in [0.29, 0.717) is 31.2 Å². The molecule has 0 spiro atoms. The maximum atomic E-state index is 12.8. The van der Waals surface area contributed by atoms with Crippen molar-refractivity contribution in [2.45, 2.75) is 56.8 Å². The van der Waals surface area contributed by atoms with Gasteiger partial charge in [-0.1, -0.05) is 12.1 Å². The molecule has 1 amide bonds. The topological polar surface area (TPSA) is 55.1 Å². The van der Waals surface area contributed by atoms with Crippen molar-refractivity contribution in [1.29, 1.82) is 0 Å². The molecule has 2 rings (SSSR count). The minimum atomic E-state index is -4.38. The summed E-state index contributed by atoms with van der Waals surface area (Å²) in [5.41, 5.74) is 4.82. The Morgan fingerprint density at radius 3 is 2.52 bits per heavy atom. The number of carbonyl (C=O) groups is 1. The van der Waals surface area contributed by atoms with Crippen LogP contribution < -0.4 is 11.1 Å². The highest BCUT2D eigenvalue weighted by Gasteiger charge is 2.41.